The summed E-state index contributed by atoms with van der Waals surface area (Å²) in [6.45, 7) is 6.26. The summed E-state index contributed by atoms with van der Waals surface area (Å²) in [7, 11) is 0. The van der Waals surface area contributed by atoms with Crippen molar-refractivity contribution >= 4 is 0 Å². The summed E-state index contributed by atoms with van der Waals surface area (Å²) in [6, 6.07) is 48.1. The van der Waals surface area contributed by atoms with Gasteiger partial charge in [0.05, 0.1) is 0 Å². The molecular formula is C43H34F2Ir3N3-3. The van der Waals surface area contributed by atoms with Crippen LogP contribution in [-0.2, 0) is 60.3 Å². The molecule has 4 aromatic carbocycles. The van der Waals surface area contributed by atoms with Crippen molar-refractivity contribution in [3.63, 3.8) is 0 Å². The first-order chi connectivity index (χ1) is 23.4. The van der Waals surface area contributed by atoms with E-state index in [9.17, 15) is 8.78 Å². The average molecular weight is 1210 g/mol. The number of hydrogen-bond acceptors (Lipinski definition) is 3. The fourth-order valence-corrected chi connectivity index (χ4v) is 4.71. The maximum atomic E-state index is 12.8. The van der Waals surface area contributed by atoms with Gasteiger partial charge < -0.3 is 15.0 Å². The van der Waals surface area contributed by atoms with E-state index in [1.807, 2.05) is 73.7 Å². The van der Waals surface area contributed by atoms with Crippen LogP contribution in [0.4, 0.5) is 8.78 Å². The largest absolute Gasteiger partial charge is 0.305 e. The van der Waals surface area contributed by atoms with Gasteiger partial charge in [-0.1, -0.05) is 79.6 Å². The van der Waals surface area contributed by atoms with Crippen LogP contribution in [0.3, 0.4) is 0 Å². The van der Waals surface area contributed by atoms with E-state index in [1.54, 1.807) is 30.7 Å². The van der Waals surface area contributed by atoms with E-state index in [1.165, 1.54) is 41.0 Å². The first-order valence-corrected chi connectivity index (χ1v) is 15.6. The molecular weight excluding hydrogens is 1170 g/mol. The van der Waals surface area contributed by atoms with E-state index in [-0.39, 0.29) is 72.0 Å². The van der Waals surface area contributed by atoms with Gasteiger partial charge in [-0.15, -0.1) is 95.1 Å². The SMILES string of the molecule is CC(C)c1ccnc(-c2[c-]cc(F)cc2)c1.Cc1ccnc(-c2[c-]cc(F)cc2)c1.[Ir].[Ir].[Ir].[c-]1ccc(-c2ccccc2)cc1-c1ccccn1. The molecule has 8 heteroatoms. The Morgan fingerprint density at radius 2 is 1.10 bits per heavy atom. The minimum absolute atomic E-state index is 0. The van der Waals surface area contributed by atoms with Gasteiger partial charge in [0.15, 0.2) is 0 Å². The molecule has 3 radical (unpaired) electrons. The number of hydrogen-bond donors (Lipinski definition) is 0. The van der Waals surface area contributed by atoms with E-state index in [0.29, 0.717) is 5.92 Å². The standard InChI is InChI=1S/C17H12N.C14H13FN.C12H9FN.3Ir/c1-2-7-14(8-3-1)15-9-6-10-16(13-15)17-11-4-5-12-18-17;1-10(2)12-7-8-16-14(9-12)11-3-5-13(15)6-4-11;1-9-6-7-14-12(8-9)10-2-4-11(13)5-3-10;;;/h1-9,11-13H;3,5-10H,1-2H3;2,4-8H,1H3;;;/q3*-1;;;. The van der Waals surface area contributed by atoms with Gasteiger partial charge in [-0.25, -0.2) is 0 Å². The number of aryl methyl sites for hydroxylation is 1. The molecule has 7 aromatic rings. The Kier molecular flexibility index (Phi) is 18.8. The van der Waals surface area contributed by atoms with Crippen LogP contribution >= 0.6 is 0 Å². The Morgan fingerprint density at radius 1 is 0.510 bits per heavy atom. The van der Waals surface area contributed by atoms with Gasteiger partial charge in [0.25, 0.3) is 0 Å². The zero-order chi connectivity index (χ0) is 33.7. The third kappa shape index (κ3) is 13.3. The van der Waals surface area contributed by atoms with Crippen LogP contribution in [0.25, 0.3) is 44.9 Å². The summed E-state index contributed by atoms with van der Waals surface area (Å²) < 4.78 is 25.4. The van der Waals surface area contributed by atoms with E-state index in [2.05, 4.69) is 71.3 Å². The second-order valence-electron chi connectivity index (χ2n) is 11.3. The summed E-state index contributed by atoms with van der Waals surface area (Å²) in [6.07, 6.45) is 5.32. The van der Waals surface area contributed by atoms with Crippen molar-refractivity contribution in [2.24, 2.45) is 0 Å². The molecule has 265 valence electrons. The van der Waals surface area contributed by atoms with Gasteiger partial charge in [0, 0.05) is 90.5 Å². The van der Waals surface area contributed by atoms with Crippen LogP contribution < -0.4 is 0 Å². The minimum atomic E-state index is -0.276. The van der Waals surface area contributed by atoms with Gasteiger partial charge in [0.1, 0.15) is 0 Å². The molecule has 0 bridgehead atoms. The Morgan fingerprint density at radius 3 is 1.65 bits per heavy atom. The van der Waals surface area contributed by atoms with Crippen LogP contribution in [0.5, 0.6) is 0 Å². The van der Waals surface area contributed by atoms with Crippen molar-refractivity contribution in [2.45, 2.75) is 26.7 Å². The Hall–Kier alpha value is -3.86. The van der Waals surface area contributed by atoms with Gasteiger partial charge in [0.2, 0.25) is 0 Å². The van der Waals surface area contributed by atoms with E-state index < -0.39 is 0 Å². The number of pyridine rings is 3. The van der Waals surface area contributed by atoms with Crippen LogP contribution in [0.1, 0.15) is 30.9 Å². The zero-order valence-corrected chi connectivity index (χ0v) is 35.2. The first kappa shape index (κ1) is 43.3. The minimum Gasteiger partial charge on any atom is -0.305 e. The summed E-state index contributed by atoms with van der Waals surface area (Å²) in [4.78, 5) is 12.8. The molecule has 0 fully saturated rings. The van der Waals surface area contributed by atoms with E-state index >= 15 is 0 Å². The monoisotopic (exact) mass is 1210 g/mol. The molecule has 3 heterocycles. The number of aromatic nitrogens is 3. The number of benzene rings is 4. The topological polar surface area (TPSA) is 38.7 Å². The third-order valence-corrected chi connectivity index (χ3v) is 7.32. The van der Waals surface area contributed by atoms with Crippen molar-refractivity contribution in [1.29, 1.82) is 0 Å². The quantitative estimate of drug-likeness (QED) is 0.161. The molecule has 0 amide bonds. The molecule has 3 aromatic heterocycles. The van der Waals surface area contributed by atoms with Crippen molar-refractivity contribution in [3.05, 3.63) is 187 Å². The Bertz CT molecular complexity index is 1970. The fourth-order valence-electron chi connectivity index (χ4n) is 4.71. The second kappa shape index (κ2) is 22.2. The van der Waals surface area contributed by atoms with Crippen molar-refractivity contribution in [2.75, 3.05) is 0 Å². The smallest absolute Gasteiger partial charge is 0.0379 e. The van der Waals surface area contributed by atoms with Crippen LogP contribution in [0.2, 0.25) is 0 Å². The summed E-state index contributed by atoms with van der Waals surface area (Å²) in [5.41, 5.74) is 10.0. The molecule has 3 nitrogen and oxygen atoms in total. The normalized spacial score (nSPS) is 9.76. The number of nitrogens with zero attached hydrogens (tertiary/aromatic N) is 3. The fraction of sp³-hybridized carbons (Fsp3) is 0.0930. The Balaban J connectivity index is 0.000000260. The second-order valence-corrected chi connectivity index (χ2v) is 11.3. The molecule has 51 heavy (non-hydrogen) atoms. The molecule has 0 saturated heterocycles. The predicted octanol–water partition coefficient (Wildman–Crippen LogP) is 11.0. The van der Waals surface area contributed by atoms with Crippen LogP contribution in [0.15, 0.2) is 146 Å². The average Bonchev–Trinajstić information content (AvgIpc) is 3.14. The molecule has 0 aliphatic rings. The molecule has 7 rings (SSSR count). The van der Waals surface area contributed by atoms with Crippen molar-refractivity contribution in [1.82, 2.24) is 15.0 Å². The van der Waals surface area contributed by atoms with Gasteiger partial charge in [-0.2, -0.15) is 0 Å². The maximum absolute atomic E-state index is 12.8. The summed E-state index contributed by atoms with van der Waals surface area (Å²) >= 11 is 0. The predicted molar refractivity (Wildman–Crippen MR) is 190 cm³/mol. The summed E-state index contributed by atoms with van der Waals surface area (Å²) in [5.74, 6) is -0.0904. The van der Waals surface area contributed by atoms with Gasteiger partial charge in [-0.3, -0.25) is 8.78 Å². The van der Waals surface area contributed by atoms with E-state index in [0.717, 1.165) is 39.3 Å². The van der Waals surface area contributed by atoms with E-state index in [4.69, 9.17) is 0 Å². The summed E-state index contributed by atoms with van der Waals surface area (Å²) in [5, 5.41) is 0. The molecule has 0 aliphatic carbocycles. The van der Waals surface area contributed by atoms with Crippen LogP contribution in [0, 0.1) is 36.8 Å². The van der Waals surface area contributed by atoms with Gasteiger partial charge in [-0.05, 0) is 53.7 Å². The first-order valence-electron chi connectivity index (χ1n) is 15.6. The maximum Gasteiger partial charge on any atom is 0.0379 e. The number of halogens is 2. The Labute approximate surface area is 340 Å². The van der Waals surface area contributed by atoms with Crippen LogP contribution in [-0.4, -0.2) is 15.0 Å². The molecule has 0 aliphatic heterocycles. The number of rotatable bonds is 5. The molecule has 0 unspecified atom stereocenters. The van der Waals surface area contributed by atoms with Crippen molar-refractivity contribution < 1.29 is 69.1 Å². The van der Waals surface area contributed by atoms with Gasteiger partial charge >= 0.3 is 0 Å². The third-order valence-electron chi connectivity index (χ3n) is 7.32. The zero-order valence-electron chi connectivity index (χ0n) is 28.0. The molecule has 0 saturated carbocycles. The van der Waals surface area contributed by atoms with Crippen molar-refractivity contribution in [3.8, 4) is 44.9 Å². The molecule has 0 atom stereocenters. The molecule has 0 spiro atoms. The molecule has 0 N–H and O–H groups in total.